The van der Waals surface area contributed by atoms with Crippen molar-refractivity contribution in [3.05, 3.63) is 12.2 Å². The maximum atomic E-state index is 11.8. The molecule has 0 aromatic carbocycles. The Hall–Kier alpha value is -0.830. The van der Waals surface area contributed by atoms with Gasteiger partial charge in [-0.3, -0.25) is 4.79 Å². The van der Waals surface area contributed by atoms with Gasteiger partial charge in [0.25, 0.3) is 0 Å². The third-order valence-corrected chi connectivity index (χ3v) is 5.03. The van der Waals surface area contributed by atoms with Crippen LogP contribution in [0, 0.1) is 5.92 Å². The van der Waals surface area contributed by atoms with E-state index in [-0.39, 0.29) is 23.0 Å². The molecular weight excluding hydrogens is 236 g/mol. The van der Waals surface area contributed by atoms with Crippen LogP contribution in [-0.4, -0.2) is 23.0 Å². The summed E-state index contributed by atoms with van der Waals surface area (Å²) in [6, 6.07) is 0.236. The Morgan fingerprint density at radius 2 is 2.00 bits per heavy atom. The number of carbonyl (C=O) groups excluding carboxylic acids is 1. The molecule has 0 spiro atoms. The second-order valence-electron chi connectivity index (χ2n) is 6.42. The SMILES string of the molecule is CC=CC(=O)NC1CC(C)(CC)NC(C)(CC)C1C. The minimum Gasteiger partial charge on any atom is -0.349 e. The molecule has 1 fully saturated rings. The molecule has 1 aliphatic heterocycles. The van der Waals surface area contributed by atoms with Gasteiger partial charge in [0, 0.05) is 17.1 Å². The number of hydrogen-bond acceptors (Lipinski definition) is 2. The zero-order valence-electron chi connectivity index (χ0n) is 13.3. The lowest BCUT2D eigenvalue weighted by Gasteiger charge is -2.53. The Morgan fingerprint density at radius 1 is 1.37 bits per heavy atom. The largest absolute Gasteiger partial charge is 0.349 e. The Bertz CT molecular complexity index is 353. The van der Waals surface area contributed by atoms with Crippen LogP contribution in [-0.2, 0) is 4.79 Å². The van der Waals surface area contributed by atoms with Gasteiger partial charge in [-0.15, -0.1) is 0 Å². The molecule has 1 amide bonds. The molecule has 4 unspecified atom stereocenters. The van der Waals surface area contributed by atoms with Crippen molar-refractivity contribution >= 4 is 5.91 Å². The van der Waals surface area contributed by atoms with Gasteiger partial charge in [0.2, 0.25) is 5.91 Å². The molecule has 1 saturated heterocycles. The fraction of sp³-hybridized carbons (Fsp3) is 0.812. The van der Waals surface area contributed by atoms with Crippen molar-refractivity contribution in [2.75, 3.05) is 0 Å². The van der Waals surface area contributed by atoms with Crippen LogP contribution in [0.3, 0.4) is 0 Å². The average Bonchev–Trinajstić information content (AvgIpc) is 2.36. The van der Waals surface area contributed by atoms with Crippen molar-refractivity contribution in [3.8, 4) is 0 Å². The van der Waals surface area contributed by atoms with Gasteiger partial charge >= 0.3 is 0 Å². The van der Waals surface area contributed by atoms with E-state index >= 15 is 0 Å². The summed E-state index contributed by atoms with van der Waals surface area (Å²) in [6.45, 7) is 13.1. The van der Waals surface area contributed by atoms with E-state index in [1.165, 1.54) is 0 Å². The number of rotatable bonds is 4. The minimum atomic E-state index is 0.0261. The average molecular weight is 266 g/mol. The van der Waals surface area contributed by atoms with E-state index in [4.69, 9.17) is 0 Å². The van der Waals surface area contributed by atoms with Gasteiger partial charge in [-0.25, -0.2) is 0 Å². The van der Waals surface area contributed by atoms with Crippen molar-refractivity contribution in [2.45, 2.75) is 77.9 Å². The highest BCUT2D eigenvalue weighted by atomic mass is 16.1. The second kappa shape index (κ2) is 6.08. The molecule has 2 N–H and O–H groups in total. The number of nitrogens with one attached hydrogen (secondary N) is 2. The summed E-state index contributed by atoms with van der Waals surface area (Å²) in [6.07, 6.45) is 6.54. The first-order chi connectivity index (χ1) is 8.80. The summed E-state index contributed by atoms with van der Waals surface area (Å²) in [7, 11) is 0. The highest BCUT2D eigenvalue weighted by molar-refractivity contribution is 5.87. The zero-order chi connectivity index (χ0) is 14.7. The van der Waals surface area contributed by atoms with E-state index in [0.29, 0.717) is 5.92 Å². The number of piperidine rings is 1. The standard InChI is InChI=1S/C16H30N2O/c1-7-10-14(19)17-13-11-15(5,8-2)18-16(6,9-3)12(13)4/h7,10,12-13,18H,8-9,11H2,1-6H3,(H,17,19). The second-order valence-corrected chi connectivity index (χ2v) is 6.42. The van der Waals surface area contributed by atoms with E-state index in [1.54, 1.807) is 12.2 Å². The van der Waals surface area contributed by atoms with Gasteiger partial charge < -0.3 is 10.6 Å². The summed E-state index contributed by atoms with van der Waals surface area (Å²) < 4.78 is 0. The lowest BCUT2D eigenvalue weighted by atomic mass is 9.69. The first kappa shape index (κ1) is 16.2. The zero-order valence-corrected chi connectivity index (χ0v) is 13.3. The van der Waals surface area contributed by atoms with Gasteiger partial charge in [0.1, 0.15) is 0 Å². The summed E-state index contributed by atoms with van der Waals surface area (Å²) in [4.78, 5) is 11.8. The molecule has 1 heterocycles. The molecule has 0 bridgehead atoms. The summed E-state index contributed by atoms with van der Waals surface area (Å²) in [5.74, 6) is 0.449. The molecule has 1 rings (SSSR count). The molecule has 1 aliphatic rings. The van der Waals surface area contributed by atoms with Crippen LogP contribution in [0.1, 0.15) is 60.8 Å². The molecule has 3 nitrogen and oxygen atoms in total. The number of hydrogen-bond donors (Lipinski definition) is 2. The van der Waals surface area contributed by atoms with Crippen LogP contribution in [0.25, 0.3) is 0 Å². The van der Waals surface area contributed by atoms with Crippen LogP contribution in [0.5, 0.6) is 0 Å². The maximum Gasteiger partial charge on any atom is 0.243 e. The third kappa shape index (κ3) is 3.59. The number of allylic oxidation sites excluding steroid dienone is 1. The number of amides is 1. The van der Waals surface area contributed by atoms with Crippen LogP contribution in [0.15, 0.2) is 12.2 Å². The molecule has 110 valence electrons. The molecule has 0 aromatic heterocycles. The maximum absolute atomic E-state index is 11.8. The quantitative estimate of drug-likeness (QED) is 0.768. The lowest BCUT2D eigenvalue weighted by Crippen LogP contribution is -2.68. The van der Waals surface area contributed by atoms with Gasteiger partial charge in [-0.1, -0.05) is 26.8 Å². The lowest BCUT2D eigenvalue weighted by molar-refractivity contribution is -0.118. The summed E-state index contributed by atoms with van der Waals surface area (Å²) >= 11 is 0. The molecule has 0 saturated carbocycles. The van der Waals surface area contributed by atoms with Gasteiger partial charge in [-0.05, 0) is 52.0 Å². The normalized spacial score (nSPS) is 39.5. The summed E-state index contributed by atoms with van der Waals surface area (Å²) in [5.41, 5.74) is 0.183. The van der Waals surface area contributed by atoms with Crippen LogP contribution in [0.2, 0.25) is 0 Å². The molecule has 3 heteroatoms. The van der Waals surface area contributed by atoms with Crippen LogP contribution >= 0.6 is 0 Å². The molecule has 0 radical (unpaired) electrons. The molecular formula is C16H30N2O. The van der Waals surface area contributed by atoms with E-state index in [2.05, 4.69) is 45.3 Å². The molecule has 4 atom stereocenters. The topological polar surface area (TPSA) is 41.1 Å². The van der Waals surface area contributed by atoms with Crippen molar-refractivity contribution in [1.29, 1.82) is 0 Å². The fourth-order valence-electron chi connectivity index (χ4n) is 3.16. The van der Waals surface area contributed by atoms with Crippen molar-refractivity contribution in [1.82, 2.24) is 10.6 Å². The minimum absolute atomic E-state index is 0.0261. The van der Waals surface area contributed by atoms with E-state index < -0.39 is 0 Å². The highest BCUT2D eigenvalue weighted by Crippen LogP contribution is 2.37. The Balaban J connectivity index is 2.92. The van der Waals surface area contributed by atoms with E-state index in [1.807, 2.05) is 6.92 Å². The fourth-order valence-corrected chi connectivity index (χ4v) is 3.16. The Labute approximate surface area is 118 Å². The first-order valence-corrected chi connectivity index (χ1v) is 7.52. The number of carbonyl (C=O) groups is 1. The summed E-state index contributed by atoms with van der Waals surface area (Å²) in [5, 5.41) is 7.00. The van der Waals surface area contributed by atoms with Crippen molar-refractivity contribution in [3.63, 3.8) is 0 Å². The van der Waals surface area contributed by atoms with Crippen LogP contribution < -0.4 is 10.6 Å². The van der Waals surface area contributed by atoms with Crippen molar-refractivity contribution in [2.24, 2.45) is 5.92 Å². The van der Waals surface area contributed by atoms with Gasteiger partial charge in [-0.2, -0.15) is 0 Å². The van der Waals surface area contributed by atoms with Crippen molar-refractivity contribution < 1.29 is 4.79 Å². The van der Waals surface area contributed by atoms with Gasteiger partial charge in [0.05, 0.1) is 0 Å². The predicted octanol–water partition coefficient (Wildman–Crippen LogP) is 3.01. The van der Waals surface area contributed by atoms with E-state index in [0.717, 1.165) is 19.3 Å². The Kier molecular flexibility index (Phi) is 5.19. The molecule has 19 heavy (non-hydrogen) atoms. The van der Waals surface area contributed by atoms with Crippen LogP contribution in [0.4, 0.5) is 0 Å². The smallest absolute Gasteiger partial charge is 0.243 e. The monoisotopic (exact) mass is 266 g/mol. The van der Waals surface area contributed by atoms with E-state index in [9.17, 15) is 4.79 Å². The Morgan fingerprint density at radius 3 is 2.47 bits per heavy atom. The highest BCUT2D eigenvalue weighted by Gasteiger charge is 2.46. The molecule has 0 aliphatic carbocycles. The predicted molar refractivity (Wildman–Crippen MR) is 81.1 cm³/mol. The van der Waals surface area contributed by atoms with Gasteiger partial charge in [0.15, 0.2) is 0 Å². The third-order valence-electron chi connectivity index (χ3n) is 5.03. The molecule has 0 aromatic rings. The first-order valence-electron chi connectivity index (χ1n) is 7.52.